The molecule has 0 saturated carbocycles. The molecule has 0 aliphatic heterocycles. The van der Waals surface area contributed by atoms with Gasteiger partial charge in [0.05, 0.1) is 6.61 Å². The Morgan fingerprint density at radius 1 is 1.40 bits per heavy atom. The zero-order valence-corrected chi connectivity index (χ0v) is 7.87. The minimum absolute atomic E-state index is 0. The Morgan fingerprint density at radius 3 is 2.27 bits per heavy atom. The molecule has 7 heteroatoms. The van der Waals surface area contributed by atoms with Crippen LogP contribution >= 0.6 is 0 Å². The third kappa shape index (κ3) is 10.2. The van der Waals surface area contributed by atoms with Crippen molar-refractivity contribution in [1.82, 2.24) is 5.32 Å². The average molecular weight is 227 g/mol. The monoisotopic (exact) mass is 227 g/mol. The Hall–Kier alpha value is -0.130. The molecule has 0 aliphatic carbocycles. The van der Waals surface area contributed by atoms with E-state index in [0.717, 1.165) is 0 Å². The van der Waals surface area contributed by atoms with Crippen LogP contribution < -0.4 is 5.32 Å². The summed E-state index contributed by atoms with van der Waals surface area (Å²) in [5.74, 6) is -1.03. The molecule has 84 valence electrons. The van der Waals surface area contributed by atoms with Crippen molar-refractivity contribution in [2.24, 2.45) is 0 Å². The van der Waals surface area contributed by atoms with Gasteiger partial charge in [0, 0.05) is 0 Å². The third-order valence-corrected chi connectivity index (χ3v) is 1.44. The van der Waals surface area contributed by atoms with Gasteiger partial charge in [-0.3, -0.25) is 0 Å². The van der Waals surface area contributed by atoms with Crippen molar-refractivity contribution in [3.63, 3.8) is 0 Å². The Morgan fingerprint density at radius 2 is 1.93 bits per heavy atom. The summed E-state index contributed by atoms with van der Waals surface area (Å²) in [6, 6.07) is -0.843. The van der Waals surface area contributed by atoms with E-state index in [1.165, 1.54) is 0 Å². The number of alkyl carbamates (subject to hydrolysis) is 1. The first-order valence-electron chi connectivity index (χ1n) is 4.27. The first kappa shape index (κ1) is 20.3. The Kier molecular flexibility index (Phi) is 16.2. The first-order chi connectivity index (χ1) is 6.11. The number of rotatable bonds is 5. The summed E-state index contributed by atoms with van der Waals surface area (Å²) in [7, 11) is 0. The van der Waals surface area contributed by atoms with Crippen LogP contribution in [0.15, 0.2) is 0 Å². The summed E-state index contributed by atoms with van der Waals surface area (Å²) in [5.41, 5.74) is 0. The van der Waals surface area contributed by atoms with Crippen LogP contribution in [0.25, 0.3) is 0 Å². The number of carboxylic acid groups (broad SMARTS) is 1. The minimum atomic E-state index is -1.03. The van der Waals surface area contributed by atoms with E-state index in [4.69, 9.17) is 5.11 Å². The molecule has 0 fully saturated rings. The molecule has 0 saturated heterocycles. The molecule has 0 aromatic heterocycles. The number of nitrogens with one attached hydrogen (secondary N) is 1. The summed E-state index contributed by atoms with van der Waals surface area (Å²) in [6.45, 7) is 3.75. The molecule has 0 aliphatic rings. The van der Waals surface area contributed by atoms with Crippen LogP contribution in [0.3, 0.4) is 0 Å². The average Bonchev–Trinajstić information content (AvgIpc) is 2.04. The fraction of sp³-hybridized carbons (Fsp3) is 0.750. The topological polar surface area (TPSA) is 75.6 Å². The molecule has 0 spiro atoms. The normalized spacial score (nSPS) is 10.3. The van der Waals surface area contributed by atoms with Crippen LogP contribution in [-0.4, -0.2) is 66.0 Å². The van der Waals surface area contributed by atoms with Crippen LogP contribution in [0, 0.1) is 0 Å². The van der Waals surface area contributed by atoms with E-state index in [0.29, 0.717) is 12.8 Å². The van der Waals surface area contributed by atoms with E-state index in [9.17, 15) is 9.59 Å². The second-order valence-corrected chi connectivity index (χ2v) is 2.54. The Bertz CT molecular complexity index is 191. The first-order valence-corrected chi connectivity index (χ1v) is 4.27. The summed E-state index contributed by atoms with van der Waals surface area (Å²) in [6.07, 6.45) is 0.431. The molecule has 15 heavy (non-hydrogen) atoms. The SMILES string of the molecule is CCC[C@@H](NC(=O)OCC)C(=O)O.[AlH3].[LiH]. The number of carboxylic acids is 1. The van der Waals surface area contributed by atoms with Gasteiger partial charge in [-0.1, -0.05) is 13.3 Å². The van der Waals surface area contributed by atoms with Crippen LogP contribution in [-0.2, 0) is 9.53 Å². The summed E-state index contributed by atoms with van der Waals surface area (Å²) in [5, 5.41) is 10.9. The number of hydrogen-bond acceptors (Lipinski definition) is 3. The third-order valence-electron chi connectivity index (χ3n) is 1.44. The number of hydrogen-bond donors (Lipinski definition) is 2. The van der Waals surface area contributed by atoms with E-state index in [1.54, 1.807) is 6.92 Å². The van der Waals surface area contributed by atoms with Gasteiger partial charge in [0.25, 0.3) is 0 Å². The molecule has 2 N–H and O–H groups in total. The second kappa shape index (κ2) is 11.9. The van der Waals surface area contributed by atoms with Crippen molar-refractivity contribution >= 4 is 48.3 Å². The molecule has 0 aromatic carbocycles. The molecule has 0 aromatic rings. The van der Waals surface area contributed by atoms with Crippen LogP contribution in [0.2, 0.25) is 0 Å². The van der Waals surface area contributed by atoms with Gasteiger partial charge in [-0.05, 0) is 13.3 Å². The van der Waals surface area contributed by atoms with Gasteiger partial charge < -0.3 is 15.2 Å². The fourth-order valence-corrected chi connectivity index (χ4v) is 0.861. The van der Waals surface area contributed by atoms with Gasteiger partial charge >= 0.3 is 30.9 Å². The zero-order valence-electron chi connectivity index (χ0n) is 7.87. The second-order valence-electron chi connectivity index (χ2n) is 2.54. The standard InChI is InChI=1S/C8H15NO4.Al.Li.4H/c1-3-5-6(7(10)11)9-8(12)13-4-2;;;;;;/h6H,3-5H2,1-2H3,(H,9,12)(H,10,11);;;;;;/t6-;;;;;;/m1....../s1. The fourth-order valence-electron chi connectivity index (χ4n) is 0.861. The van der Waals surface area contributed by atoms with Crippen molar-refractivity contribution in [3.8, 4) is 0 Å². The predicted octanol–water partition coefficient (Wildman–Crippen LogP) is -0.847. The van der Waals surface area contributed by atoms with Crippen LogP contribution in [0.5, 0.6) is 0 Å². The van der Waals surface area contributed by atoms with E-state index >= 15 is 0 Å². The van der Waals surface area contributed by atoms with Gasteiger partial charge in [0.15, 0.2) is 17.4 Å². The van der Waals surface area contributed by atoms with Gasteiger partial charge in [-0.15, -0.1) is 0 Å². The van der Waals surface area contributed by atoms with Crippen molar-refractivity contribution in [2.75, 3.05) is 6.61 Å². The number of amides is 1. The molecule has 0 rings (SSSR count). The van der Waals surface area contributed by atoms with Crippen LogP contribution in [0.4, 0.5) is 4.79 Å². The summed E-state index contributed by atoms with van der Waals surface area (Å²) in [4.78, 5) is 21.4. The van der Waals surface area contributed by atoms with Crippen molar-refractivity contribution < 1.29 is 19.4 Å². The molecule has 0 bridgehead atoms. The molecule has 1 atom stereocenters. The van der Waals surface area contributed by atoms with Gasteiger partial charge in [0.2, 0.25) is 0 Å². The number of ether oxygens (including phenoxy) is 1. The number of carbonyl (C=O) groups excluding carboxylic acids is 1. The van der Waals surface area contributed by atoms with Gasteiger partial charge in [-0.2, -0.15) is 0 Å². The quantitative estimate of drug-likeness (QED) is 0.600. The maximum absolute atomic E-state index is 10.8. The summed E-state index contributed by atoms with van der Waals surface area (Å²) >= 11 is 0. The molecule has 5 nitrogen and oxygen atoms in total. The van der Waals surface area contributed by atoms with Gasteiger partial charge in [0.1, 0.15) is 6.04 Å². The Labute approximate surface area is 112 Å². The number of aliphatic carboxylic acids is 1. The van der Waals surface area contributed by atoms with Gasteiger partial charge in [-0.25, -0.2) is 9.59 Å². The Balaban J connectivity index is -0.000000720. The van der Waals surface area contributed by atoms with Crippen molar-refractivity contribution in [1.29, 1.82) is 0 Å². The van der Waals surface area contributed by atoms with E-state index in [1.807, 2.05) is 6.92 Å². The zero-order chi connectivity index (χ0) is 10.3. The molecule has 0 radical (unpaired) electrons. The molecular formula is C8H19AlLiNO4. The molecule has 0 heterocycles. The van der Waals surface area contributed by atoms with E-state index in [2.05, 4.69) is 10.1 Å². The maximum atomic E-state index is 10.8. The van der Waals surface area contributed by atoms with E-state index < -0.39 is 18.1 Å². The molecular weight excluding hydrogens is 208 g/mol. The predicted molar refractivity (Wildman–Crippen MR) is 63.6 cm³/mol. The van der Waals surface area contributed by atoms with Crippen LogP contribution in [0.1, 0.15) is 26.7 Å². The number of carbonyl (C=O) groups is 2. The molecule has 0 unspecified atom stereocenters. The molecule has 1 amide bonds. The summed E-state index contributed by atoms with van der Waals surface area (Å²) < 4.78 is 4.56. The van der Waals surface area contributed by atoms with Crippen molar-refractivity contribution in [2.45, 2.75) is 32.7 Å². The van der Waals surface area contributed by atoms with E-state index in [-0.39, 0.29) is 42.8 Å². The van der Waals surface area contributed by atoms with Crippen molar-refractivity contribution in [3.05, 3.63) is 0 Å².